The number of aromatic nitrogens is 3. The first-order valence-electron chi connectivity index (χ1n) is 10.7. The Hall–Kier alpha value is -3.27. The zero-order valence-corrected chi connectivity index (χ0v) is 17.0. The molecule has 6 rings (SSSR count). The topological polar surface area (TPSA) is 51.8 Å². The van der Waals surface area contributed by atoms with Crippen molar-refractivity contribution in [3.63, 3.8) is 0 Å². The lowest BCUT2D eigenvalue weighted by Gasteiger charge is -2.49. The molecule has 0 spiro atoms. The van der Waals surface area contributed by atoms with E-state index in [9.17, 15) is 0 Å². The Balaban J connectivity index is 1.63. The minimum Gasteiger partial charge on any atom is -0.361 e. The van der Waals surface area contributed by atoms with Crippen molar-refractivity contribution >= 4 is 0 Å². The standard InChI is InChI=1S/C26H23N3O/c1-17-22-13-12-19-15-27-25(18-8-4-2-5-9-18)29-24(19)26(22,21-10-6-3-7-11-21)14-20-16-28-30-23(17)20/h2-11,15-17,22H,12-14H2,1H3/t17-,22-,26+/m0/s1. The van der Waals surface area contributed by atoms with Gasteiger partial charge in [-0.25, -0.2) is 9.97 Å². The van der Waals surface area contributed by atoms with Gasteiger partial charge in [-0.05, 0) is 36.3 Å². The van der Waals surface area contributed by atoms with Crippen LogP contribution in [0.1, 0.15) is 47.4 Å². The van der Waals surface area contributed by atoms with Gasteiger partial charge in [0.05, 0.1) is 11.9 Å². The Labute approximate surface area is 176 Å². The van der Waals surface area contributed by atoms with Crippen molar-refractivity contribution in [2.75, 3.05) is 0 Å². The van der Waals surface area contributed by atoms with E-state index in [1.54, 1.807) is 0 Å². The first-order valence-corrected chi connectivity index (χ1v) is 10.7. The molecule has 0 saturated heterocycles. The number of rotatable bonds is 2. The van der Waals surface area contributed by atoms with E-state index in [1.807, 2.05) is 24.4 Å². The van der Waals surface area contributed by atoms with Crippen molar-refractivity contribution in [2.45, 2.75) is 37.5 Å². The van der Waals surface area contributed by atoms with E-state index < -0.39 is 0 Å². The third-order valence-corrected chi connectivity index (χ3v) is 7.13. The fourth-order valence-corrected chi connectivity index (χ4v) is 5.78. The zero-order valence-electron chi connectivity index (χ0n) is 17.0. The quantitative estimate of drug-likeness (QED) is 0.461. The Kier molecular flexibility index (Phi) is 3.88. The number of aryl methyl sites for hydroxylation is 1. The molecule has 0 aliphatic heterocycles. The Morgan fingerprint density at radius 2 is 1.70 bits per heavy atom. The van der Waals surface area contributed by atoms with Gasteiger partial charge in [0.25, 0.3) is 0 Å². The molecule has 2 aromatic carbocycles. The van der Waals surface area contributed by atoms with Crippen LogP contribution in [0.4, 0.5) is 0 Å². The molecule has 0 amide bonds. The van der Waals surface area contributed by atoms with Crippen LogP contribution in [0.15, 0.2) is 77.6 Å². The second-order valence-electron chi connectivity index (χ2n) is 8.60. The van der Waals surface area contributed by atoms with Gasteiger partial charge in [0.2, 0.25) is 0 Å². The molecule has 148 valence electrons. The third kappa shape index (κ3) is 2.43. The number of nitrogens with zero attached hydrogens (tertiary/aromatic N) is 3. The van der Waals surface area contributed by atoms with Crippen LogP contribution < -0.4 is 0 Å². The number of hydrogen-bond donors (Lipinski definition) is 0. The predicted octanol–water partition coefficient (Wildman–Crippen LogP) is 5.34. The fraction of sp³-hybridized carbons (Fsp3) is 0.269. The summed E-state index contributed by atoms with van der Waals surface area (Å²) in [6.45, 7) is 2.29. The SMILES string of the molecule is C[C@@H]1c2oncc2C[C@]2(c3ccccc3)c3nc(-c4ccccc4)ncc3CC[C@@H]12. The van der Waals surface area contributed by atoms with Crippen LogP contribution >= 0.6 is 0 Å². The maximum atomic E-state index is 5.70. The van der Waals surface area contributed by atoms with Crippen molar-refractivity contribution < 1.29 is 4.52 Å². The highest BCUT2D eigenvalue weighted by Crippen LogP contribution is 2.56. The first-order chi connectivity index (χ1) is 14.8. The van der Waals surface area contributed by atoms with Gasteiger partial charge in [0, 0.05) is 28.7 Å². The van der Waals surface area contributed by atoms with E-state index in [1.165, 1.54) is 22.4 Å². The maximum absolute atomic E-state index is 5.70. The van der Waals surface area contributed by atoms with Crippen molar-refractivity contribution in [3.8, 4) is 11.4 Å². The van der Waals surface area contributed by atoms with Crippen molar-refractivity contribution in [2.24, 2.45) is 5.92 Å². The molecule has 2 aliphatic carbocycles. The van der Waals surface area contributed by atoms with E-state index in [0.29, 0.717) is 11.8 Å². The van der Waals surface area contributed by atoms with Gasteiger partial charge >= 0.3 is 0 Å². The van der Waals surface area contributed by atoms with Crippen LogP contribution in [0, 0.1) is 5.92 Å². The summed E-state index contributed by atoms with van der Waals surface area (Å²) < 4.78 is 5.70. The summed E-state index contributed by atoms with van der Waals surface area (Å²) in [7, 11) is 0. The van der Waals surface area contributed by atoms with Gasteiger partial charge in [-0.1, -0.05) is 72.7 Å². The Bertz CT molecular complexity index is 1200. The van der Waals surface area contributed by atoms with Crippen molar-refractivity contribution in [1.82, 2.24) is 15.1 Å². The average molecular weight is 393 g/mol. The lowest BCUT2D eigenvalue weighted by Crippen LogP contribution is -2.48. The van der Waals surface area contributed by atoms with Gasteiger partial charge < -0.3 is 4.52 Å². The highest BCUT2D eigenvalue weighted by molar-refractivity contribution is 5.57. The smallest absolute Gasteiger partial charge is 0.159 e. The molecule has 0 saturated carbocycles. The highest BCUT2D eigenvalue weighted by atomic mass is 16.5. The molecule has 0 unspecified atom stereocenters. The summed E-state index contributed by atoms with van der Waals surface area (Å²) in [6, 6.07) is 21.2. The molecule has 0 bridgehead atoms. The minimum absolute atomic E-state index is 0.195. The summed E-state index contributed by atoms with van der Waals surface area (Å²) in [5.74, 6) is 2.55. The summed E-state index contributed by atoms with van der Waals surface area (Å²) in [6.07, 6.45) is 6.91. The average Bonchev–Trinajstić information content (AvgIpc) is 3.28. The van der Waals surface area contributed by atoms with Crippen LogP contribution in [0.5, 0.6) is 0 Å². The monoisotopic (exact) mass is 393 g/mol. The van der Waals surface area contributed by atoms with E-state index in [-0.39, 0.29) is 5.41 Å². The Morgan fingerprint density at radius 1 is 0.933 bits per heavy atom. The summed E-state index contributed by atoms with van der Waals surface area (Å²) in [5.41, 5.74) is 5.83. The molecular formula is C26H23N3O. The lowest BCUT2D eigenvalue weighted by atomic mass is 9.53. The fourth-order valence-electron chi connectivity index (χ4n) is 5.78. The molecule has 0 radical (unpaired) electrons. The van der Waals surface area contributed by atoms with Crippen molar-refractivity contribution in [1.29, 1.82) is 0 Å². The molecule has 3 atom stereocenters. The van der Waals surface area contributed by atoms with Gasteiger partial charge in [0.15, 0.2) is 5.82 Å². The molecule has 4 aromatic rings. The van der Waals surface area contributed by atoms with Crippen LogP contribution in [-0.2, 0) is 18.3 Å². The Morgan fingerprint density at radius 3 is 2.50 bits per heavy atom. The molecule has 30 heavy (non-hydrogen) atoms. The number of benzene rings is 2. The maximum Gasteiger partial charge on any atom is 0.159 e. The minimum atomic E-state index is -0.195. The summed E-state index contributed by atoms with van der Waals surface area (Å²) in [5, 5.41) is 4.15. The van der Waals surface area contributed by atoms with Gasteiger partial charge in [-0.15, -0.1) is 0 Å². The lowest BCUT2D eigenvalue weighted by molar-refractivity contribution is 0.189. The second kappa shape index (κ2) is 6.63. The normalized spacial score (nSPS) is 24.6. The second-order valence-corrected chi connectivity index (χ2v) is 8.60. The summed E-state index contributed by atoms with van der Waals surface area (Å²) >= 11 is 0. The molecule has 4 heteroatoms. The van der Waals surface area contributed by atoms with Crippen LogP contribution in [0.2, 0.25) is 0 Å². The van der Waals surface area contributed by atoms with E-state index in [4.69, 9.17) is 14.5 Å². The molecule has 4 nitrogen and oxygen atoms in total. The van der Waals surface area contributed by atoms with E-state index in [2.05, 4.69) is 60.7 Å². The van der Waals surface area contributed by atoms with Crippen LogP contribution in [0.25, 0.3) is 11.4 Å². The number of hydrogen-bond acceptors (Lipinski definition) is 4. The molecule has 0 fully saturated rings. The van der Waals surface area contributed by atoms with Gasteiger partial charge in [-0.2, -0.15) is 0 Å². The zero-order chi connectivity index (χ0) is 20.1. The van der Waals surface area contributed by atoms with Gasteiger partial charge in [-0.3, -0.25) is 0 Å². The van der Waals surface area contributed by atoms with Crippen molar-refractivity contribution in [3.05, 3.63) is 101 Å². The predicted molar refractivity (Wildman–Crippen MR) is 115 cm³/mol. The molecular weight excluding hydrogens is 370 g/mol. The largest absolute Gasteiger partial charge is 0.361 e. The van der Waals surface area contributed by atoms with E-state index in [0.717, 1.165) is 36.4 Å². The van der Waals surface area contributed by atoms with Crippen LogP contribution in [-0.4, -0.2) is 15.1 Å². The van der Waals surface area contributed by atoms with Crippen LogP contribution in [0.3, 0.4) is 0 Å². The third-order valence-electron chi connectivity index (χ3n) is 7.13. The molecule has 0 N–H and O–H groups in total. The first kappa shape index (κ1) is 17.6. The molecule has 2 heterocycles. The van der Waals surface area contributed by atoms with E-state index >= 15 is 0 Å². The summed E-state index contributed by atoms with van der Waals surface area (Å²) in [4.78, 5) is 9.98. The molecule has 2 aromatic heterocycles. The number of fused-ring (bicyclic) bond motifs is 4. The highest BCUT2D eigenvalue weighted by Gasteiger charge is 2.53. The van der Waals surface area contributed by atoms with Gasteiger partial charge in [0.1, 0.15) is 5.76 Å². The molecule has 2 aliphatic rings.